The molecule has 2 aromatic carbocycles. The van der Waals surface area contributed by atoms with Crippen molar-refractivity contribution in [1.29, 1.82) is 0 Å². The molecule has 0 bridgehead atoms. The van der Waals surface area contributed by atoms with Crippen molar-refractivity contribution in [2.45, 2.75) is 24.8 Å². The van der Waals surface area contributed by atoms with Crippen molar-refractivity contribution in [3.8, 4) is 0 Å². The number of hydrogen-bond acceptors (Lipinski definition) is 3. The Balaban J connectivity index is 1.56. The fourth-order valence-corrected chi connectivity index (χ4v) is 5.46. The van der Waals surface area contributed by atoms with Gasteiger partial charge in [0.25, 0.3) is 0 Å². The van der Waals surface area contributed by atoms with Crippen LogP contribution in [0.25, 0.3) is 0 Å². The molecule has 11 heteroatoms. The number of nitrogens with one attached hydrogen (secondary N) is 1. The lowest BCUT2D eigenvalue weighted by molar-refractivity contribution is -0.137. The molecule has 3 rings (SSSR count). The van der Waals surface area contributed by atoms with Crippen LogP contribution in [0.3, 0.4) is 0 Å². The van der Waals surface area contributed by atoms with Crippen molar-refractivity contribution in [1.82, 2.24) is 4.31 Å². The van der Waals surface area contributed by atoms with Crippen molar-refractivity contribution in [2.24, 2.45) is 5.92 Å². The lowest BCUT2D eigenvalue weighted by Crippen LogP contribution is -2.41. The van der Waals surface area contributed by atoms with Gasteiger partial charge in [-0.3, -0.25) is 4.79 Å². The second-order valence-electron chi connectivity index (χ2n) is 7.23. The van der Waals surface area contributed by atoms with E-state index in [2.05, 4.69) is 5.32 Å². The van der Waals surface area contributed by atoms with E-state index in [-0.39, 0.29) is 35.5 Å². The summed E-state index contributed by atoms with van der Waals surface area (Å²) in [5, 5.41) is 3.27. The monoisotopic (exact) mass is 494 g/mol. The molecule has 0 atom stereocenters. The highest BCUT2D eigenvalue weighted by Crippen LogP contribution is 2.30. The van der Waals surface area contributed by atoms with E-state index in [0.29, 0.717) is 23.4 Å². The highest BCUT2D eigenvalue weighted by molar-refractivity contribution is 7.88. The molecule has 1 N–H and O–H groups in total. The number of nitrogens with zero attached hydrogens (tertiary/aromatic N) is 1. The Morgan fingerprint density at radius 1 is 1.06 bits per heavy atom. The molecular weight excluding hydrogens is 476 g/mol. The van der Waals surface area contributed by atoms with Gasteiger partial charge in [0.05, 0.1) is 11.3 Å². The Bertz CT molecular complexity index is 1050. The summed E-state index contributed by atoms with van der Waals surface area (Å²) in [6, 6.07) is 8.78. The smallest absolute Gasteiger partial charge is 0.326 e. The van der Waals surface area contributed by atoms with Crippen LogP contribution < -0.4 is 5.32 Å². The molecule has 0 radical (unpaired) electrons. The first-order valence-electron chi connectivity index (χ1n) is 9.35. The minimum Gasteiger partial charge on any atom is -0.326 e. The molecule has 5 nitrogen and oxygen atoms in total. The Labute approximate surface area is 188 Å². The number of carbonyl (C=O) groups is 1. The van der Waals surface area contributed by atoms with Gasteiger partial charge in [0.2, 0.25) is 15.9 Å². The largest absolute Gasteiger partial charge is 0.416 e. The summed E-state index contributed by atoms with van der Waals surface area (Å²) >= 11 is 11.9. The Hall–Kier alpha value is -1.81. The molecule has 2 aromatic rings. The quantitative estimate of drug-likeness (QED) is 0.621. The number of rotatable bonds is 5. The summed E-state index contributed by atoms with van der Waals surface area (Å²) in [5.74, 6) is -1.06. The fourth-order valence-electron chi connectivity index (χ4n) is 3.31. The van der Waals surface area contributed by atoms with Crippen LogP contribution in [0.2, 0.25) is 10.0 Å². The molecule has 0 saturated carbocycles. The number of hydrogen-bond donors (Lipinski definition) is 1. The molecule has 1 fully saturated rings. The van der Waals surface area contributed by atoms with Gasteiger partial charge in [0.1, 0.15) is 0 Å². The van der Waals surface area contributed by atoms with Crippen LogP contribution in [-0.2, 0) is 26.7 Å². The van der Waals surface area contributed by atoms with Gasteiger partial charge in [-0.05, 0) is 54.8 Å². The number of carbonyl (C=O) groups excluding carboxylic acids is 1. The van der Waals surface area contributed by atoms with Crippen LogP contribution >= 0.6 is 23.2 Å². The third kappa shape index (κ3) is 6.12. The van der Waals surface area contributed by atoms with Gasteiger partial charge >= 0.3 is 6.18 Å². The average Bonchev–Trinajstić information content (AvgIpc) is 2.70. The normalized spacial score (nSPS) is 16.3. The summed E-state index contributed by atoms with van der Waals surface area (Å²) in [6.07, 6.45) is -3.84. The molecule has 31 heavy (non-hydrogen) atoms. The van der Waals surface area contributed by atoms with E-state index in [1.807, 2.05) is 0 Å². The third-order valence-electron chi connectivity index (χ3n) is 5.05. The summed E-state index contributed by atoms with van der Waals surface area (Å²) < 4.78 is 64.6. The topological polar surface area (TPSA) is 66.5 Å². The molecular formula is C20H19Cl2F3N2O3S. The van der Waals surface area contributed by atoms with Gasteiger partial charge in [0.15, 0.2) is 0 Å². The number of alkyl halides is 3. The molecule has 1 amide bonds. The number of benzene rings is 2. The predicted octanol–water partition coefficient (Wildman–Crippen LogP) is 5.19. The maximum atomic E-state index is 12.7. The summed E-state index contributed by atoms with van der Waals surface area (Å²) in [4.78, 5) is 12.4. The van der Waals surface area contributed by atoms with Gasteiger partial charge in [-0.25, -0.2) is 12.7 Å². The van der Waals surface area contributed by atoms with Gasteiger partial charge < -0.3 is 5.32 Å². The van der Waals surface area contributed by atoms with Crippen molar-refractivity contribution in [3.05, 3.63) is 63.6 Å². The molecule has 1 aliphatic heterocycles. The number of amides is 1. The van der Waals surface area contributed by atoms with E-state index < -0.39 is 27.7 Å². The third-order valence-corrected chi connectivity index (χ3v) is 7.47. The molecule has 1 saturated heterocycles. The van der Waals surface area contributed by atoms with E-state index in [9.17, 15) is 26.4 Å². The maximum absolute atomic E-state index is 12.7. The van der Waals surface area contributed by atoms with Gasteiger partial charge in [0, 0.05) is 34.7 Å². The second kappa shape index (κ2) is 9.36. The van der Waals surface area contributed by atoms with Crippen molar-refractivity contribution in [2.75, 3.05) is 18.4 Å². The number of halogens is 5. The Morgan fingerprint density at radius 3 is 2.23 bits per heavy atom. The van der Waals surface area contributed by atoms with Crippen molar-refractivity contribution < 1.29 is 26.4 Å². The van der Waals surface area contributed by atoms with Crippen molar-refractivity contribution >= 4 is 44.8 Å². The van der Waals surface area contributed by atoms with Crippen LogP contribution in [0.15, 0.2) is 42.5 Å². The van der Waals surface area contributed by atoms with E-state index >= 15 is 0 Å². The zero-order valence-corrected chi connectivity index (χ0v) is 18.5. The summed E-state index contributed by atoms with van der Waals surface area (Å²) in [7, 11) is -3.63. The predicted molar refractivity (Wildman–Crippen MR) is 113 cm³/mol. The van der Waals surface area contributed by atoms with Gasteiger partial charge in [-0.2, -0.15) is 13.2 Å². The zero-order valence-electron chi connectivity index (χ0n) is 16.1. The zero-order chi connectivity index (χ0) is 22.8. The number of piperidine rings is 1. The maximum Gasteiger partial charge on any atom is 0.416 e. The van der Waals surface area contributed by atoms with Crippen molar-refractivity contribution in [3.63, 3.8) is 0 Å². The highest BCUT2D eigenvalue weighted by atomic mass is 35.5. The van der Waals surface area contributed by atoms with Gasteiger partial charge in [-0.1, -0.05) is 29.3 Å². The summed E-state index contributed by atoms with van der Waals surface area (Å²) in [6.45, 7) is 0.331. The van der Waals surface area contributed by atoms with Crippen LogP contribution in [0.1, 0.15) is 24.0 Å². The lowest BCUT2D eigenvalue weighted by Gasteiger charge is -2.30. The van der Waals surface area contributed by atoms with E-state index in [4.69, 9.17) is 23.2 Å². The van der Waals surface area contributed by atoms with Gasteiger partial charge in [-0.15, -0.1) is 0 Å². The van der Waals surface area contributed by atoms with Crippen LogP contribution in [-0.4, -0.2) is 31.7 Å². The molecule has 0 aromatic heterocycles. The van der Waals surface area contributed by atoms with E-state index in [0.717, 1.165) is 12.1 Å². The lowest BCUT2D eigenvalue weighted by atomic mass is 9.97. The van der Waals surface area contributed by atoms with Crippen LogP contribution in [0, 0.1) is 5.92 Å². The van der Waals surface area contributed by atoms with E-state index in [1.165, 1.54) is 22.5 Å². The molecule has 0 unspecified atom stereocenters. The summed E-state index contributed by atoms with van der Waals surface area (Å²) in [5.41, 5.74) is -0.108. The molecule has 1 heterocycles. The SMILES string of the molecule is O=C(Nc1ccc(C(F)(F)F)cc1)C1CCN(S(=O)(=O)Cc2ccc(Cl)cc2Cl)CC1. The molecule has 1 aliphatic rings. The molecule has 168 valence electrons. The molecule has 0 aliphatic carbocycles. The number of sulfonamides is 1. The Kier molecular flexibility index (Phi) is 7.20. The highest BCUT2D eigenvalue weighted by Gasteiger charge is 2.32. The minimum absolute atomic E-state index is 0.165. The second-order valence-corrected chi connectivity index (χ2v) is 10.0. The first kappa shape index (κ1) is 23.8. The Morgan fingerprint density at radius 2 is 1.68 bits per heavy atom. The van der Waals surface area contributed by atoms with Crippen LogP contribution in [0.4, 0.5) is 18.9 Å². The minimum atomic E-state index is -4.45. The first-order valence-corrected chi connectivity index (χ1v) is 11.7. The first-order chi connectivity index (χ1) is 14.5. The average molecular weight is 495 g/mol. The fraction of sp³-hybridized carbons (Fsp3) is 0.350. The standard InChI is InChI=1S/C20H19Cl2F3N2O3S/c21-16-4-1-14(18(22)11-16)12-31(29,30)27-9-7-13(8-10-27)19(28)26-17-5-2-15(3-6-17)20(23,24)25/h1-6,11,13H,7-10,12H2,(H,26,28). The molecule has 0 spiro atoms. The van der Waals surface area contributed by atoms with E-state index in [1.54, 1.807) is 12.1 Å². The van der Waals surface area contributed by atoms with Crippen LogP contribution in [0.5, 0.6) is 0 Å². The number of anilines is 1.